The first-order valence-corrected chi connectivity index (χ1v) is 6.30. The lowest BCUT2D eigenvalue weighted by atomic mass is 9.99. The van der Waals surface area contributed by atoms with Crippen LogP contribution in [0.2, 0.25) is 10.0 Å². The van der Waals surface area contributed by atoms with Crippen molar-refractivity contribution in [2.45, 2.75) is 6.42 Å². The highest BCUT2D eigenvalue weighted by Crippen LogP contribution is 2.37. The highest BCUT2D eigenvalue weighted by atomic mass is 35.5. The molecule has 2 rings (SSSR count). The summed E-state index contributed by atoms with van der Waals surface area (Å²) in [6, 6.07) is 10.5. The maximum Gasteiger partial charge on any atom is 0.307 e. The minimum Gasteiger partial charge on any atom is -0.481 e. The van der Waals surface area contributed by atoms with E-state index in [9.17, 15) is 4.79 Å². The Kier molecular flexibility index (Phi) is 3.98. The Balaban J connectivity index is 2.57. The Hall–Kier alpha value is -1.71. The molecule has 0 aliphatic carbocycles. The molecule has 98 valence electrons. The summed E-state index contributed by atoms with van der Waals surface area (Å²) in [5.74, 6) is -0.930. The summed E-state index contributed by atoms with van der Waals surface area (Å²) in [7, 11) is 0. The molecule has 0 spiro atoms. The number of hydrogen-bond donors (Lipinski definition) is 2. The van der Waals surface area contributed by atoms with Gasteiger partial charge in [-0.15, -0.1) is 0 Å². The van der Waals surface area contributed by atoms with E-state index in [1.807, 2.05) is 0 Å². The normalized spacial score (nSPS) is 10.4. The van der Waals surface area contributed by atoms with Crippen molar-refractivity contribution in [3.8, 4) is 11.1 Å². The fourth-order valence-electron chi connectivity index (χ4n) is 1.88. The molecule has 0 radical (unpaired) electrons. The molecule has 0 heterocycles. The quantitative estimate of drug-likeness (QED) is 0.845. The van der Waals surface area contributed by atoms with Gasteiger partial charge in [0.15, 0.2) is 0 Å². The molecule has 0 bridgehead atoms. The Bertz CT molecular complexity index is 641. The van der Waals surface area contributed by atoms with E-state index in [2.05, 4.69) is 0 Å². The molecule has 5 heteroatoms. The van der Waals surface area contributed by atoms with Crippen molar-refractivity contribution in [2.75, 3.05) is 5.73 Å². The number of benzene rings is 2. The molecule has 0 saturated heterocycles. The van der Waals surface area contributed by atoms with E-state index in [4.69, 9.17) is 34.0 Å². The maximum absolute atomic E-state index is 10.8. The van der Waals surface area contributed by atoms with Crippen molar-refractivity contribution in [1.82, 2.24) is 0 Å². The van der Waals surface area contributed by atoms with E-state index < -0.39 is 5.97 Å². The molecule has 3 nitrogen and oxygen atoms in total. The number of nitrogens with two attached hydrogens (primary N) is 1. The lowest BCUT2D eigenvalue weighted by Crippen LogP contribution is -2.04. The van der Waals surface area contributed by atoms with Crippen LogP contribution >= 0.6 is 23.2 Å². The van der Waals surface area contributed by atoms with Crippen LogP contribution in [-0.2, 0) is 11.2 Å². The first-order chi connectivity index (χ1) is 9.00. The fraction of sp³-hybridized carbons (Fsp3) is 0.0714. The van der Waals surface area contributed by atoms with Crippen LogP contribution in [0.25, 0.3) is 11.1 Å². The van der Waals surface area contributed by atoms with Gasteiger partial charge in [-0.1, -0.05) is 53.5 Å². The summed E-state index contributed by atoms with van der Waals surface area (Å²) in [4.78, 5) is 10.8. The van der Waals surface area contributed by atoms with Gasteiger partial charge < -0.3 is 10.8 Å². The van der Waals surface area contributed by atoms with Crippen molar-refractivity contribution < 1.29 is 9.90 Å². The van der Waals surface area contributed by atoms with Crippen LogP contribution in [0, 0.1) is 0 Å². The monoisotopic (exact) mass is 295 g/mol. The van der Waals surface area contributed by atoms with Gasteiger partial charge in [0, 0.05) is 16.8 Å². The molecule has 19 heavy (non-hydrogen) atoms. The van der Waals surface area contributed by atoms with Gasteiger partial charge in [-0.3, -0.25) is 4.79 Å². The van der Waals surface area contributed by atoms with Crippen LogP contribution in [0.3, 0.4) is 0 Å². The molecular formula is C14H11Cl2NO2. The Morgan fingerprint density at radius 1 is 1.11 bits per heavy atom. The summed E-state index contributed by atoms with van der Waals surface area (Å²) in [6.07, 6.45) is -0.127. The van der Waals surface area contributed by atoms with Gasteiger partial charge in [-0.05, 0) is 11.6 Å². The smallest absolute Gasteiger partial charge is 0.307 e. The fourth-order valence-corrected chi connectivity index (χ4v) is 2.28. The predicted molar refractivity (Wildman–Crippen MR) is 77.7 cm³/mol. The molecule has 0 unspecified atom stereocenters. The topological polar surface area (TPSA) is 63.3 Å². The van der Waals surface area contributed by atoms with Crippen molar-refractivity contribution in [2.24, 2.45) is 0 Å². The first-order valence-electron chi connectivity index (χ1n) is 5.54. The van der Waals surface area contributed by atoms with Crippen LogP contribution in [0.4, 0.5) is 5.69 Å². The maximum atomic E-state index is 10.8. The molecule has 0 aromatic heterocycles. The number of hydrogen-bond acceptors (Lipinski definition) is 2. The number of carbonyl (C=O) groups is 1. The van der Waals surface area contributed by atoms with Crippen LogP contribution in [0.5, 0.6) is 0 Å². The third-order valence-electron chi connectivity index (χ3n) is 2.78. The van der Waals surface area contributed by atoms with Crippen molar-refractivity contribution in [3.05, 3.63) is 52.0 Å². The van der Waals surface area contributed by atoms with Crippen molar-refractivity contribution in [3.63, 3.8) is 0 Å². The number of carboxylic acid groups (broad SMARTS) is 1. The van der Waals surface area contributed by atoms with Crippen LogP contribution < -0.4 is 5.73 Å². The summed E-state index contributed by atoms with van der Waals surface area (Å²) in [5.41, 5.74) is 8.37. The Labute approximate surface area is 120 Å². The standard InChI is InChI=1S/C14H11Cl2NO2/c15-11-6-2-4-9(13(11)16)10-5-1-3-8(14(10)17)7-12(18)19/h1-6H,7,17H2,(H,18,19). The molecule has 0 amide bonds. The average Bonchev–Trinajstić information content (AvgIpc) is 2.35. The second-order valence-electron chi connectivity index (χ2n) is 4.05. The predicted octanol–water partition coefficient (Wildman–Crippen LogP) is 3.87. The van der Waals surface area contributed by atoms with Gasteiger partial charge in [0.25, 0.3) is 0 Å². The third kappa shape index (κ3) is 2.83. The largest absolute Gasteiger partial charge is 0.481 e. The van der Waals surface area contributed by atoms with Gasteiger partial charge in [-0.25, -0.2) is 0 Å². The van der Waals surface area contributed by atoms with E-state index in [1.54, 1.807) is 36.4 Å². The van der Waals surface area contributed by atoms with Gasteiger partial charge >= 0.3 is 5.97 Å². The zero-order valence-corrected chi connectivity index (χ0v) is 11.4. The van der Waals surface area contributed by atoms with E-state index >= 15 is 0 Å². The number of halogens is 2. The zero-order valence-electron chi connectivity index (χ0n) is 9.86. The zero-order chi connectivity index (χ0) is 14.0. The molecule has 3 N–H and O–H groups in total. The molecule has 2 aromatic rings. The summed E-state index contributed by atoms with van der Waals surface area (Å²) in [5, 5.41) is 9.69. The van der Waals surface area contributed by atoms with Crippen LogP contribution in [-0.4, -0.2) is 11.1 Å². The summed E-state index contributed by atoms with van der Waals surface area (Å²) in [6.45, 7) is 0. The lowest BCUT2D eigenvalue weighted by Gasteiger charge is -2.12. The average molecular weight is 296 g/mol. The number of nitrogen functional groups attached to an aromatic ring is 1. The van der Waals surface area contributed by atoms with E-state index in [0.29, 0.717) is 32.4 Å². The van der Waals surface area contributed by atoms with Crippen molar-refractivity contribution >= 4 is 34.9 Å². The summed E-state index contributed by atoms with van der Waals surface area (Å²) >= 11 is 12.1. The Morgan fingerprint density at radius 2 is 1.74 bits per heavy atom. The van der Waals surface area contributed by atoms with Crippen LogP contribution in [0.1, 0.15) is 5.56 Å². The van der Waals surface area contributed by atoms with Gasteiger partial charge in [0.2, 0.25) is 0 Å². The Morgan fingerprint density at radius 3 is 2.42 bits per heavy atom. The highest BCUT2D eigenvalue weighted by molar-refractivity contribution is 6.43. The molecule has 0 aliphatic heterocycles. The first kappa shape index (κ1) is 13.7. The van der Waals surface area contributed by atoms with Gasteiger partial charge in [0.1, 0.15) is 0 Å². The molecule has 0 aliphatic rings. The summed E-state index contributed by atoms with van der Waals surface area (Å²) < 4.78 is 0. The molecule has 0 saturated carbocycles. The van der Waals surface area contributed by atoms with E-state index in [1.165, 1.54) is 0 Å². The number of para-hydroxylation sites is 1. The minimum atomic E-state index is -0.930. The number of anilines is 1. The number of rotatable bonds is 3. The van der Waals surface area contributed by atoms with Gasteiger partial charge in [0.05, 0.1) is 16.5 Å². The molecule has 0 fully saturated rings. The third-order valence-corrected chi connectivity index (χ3v) is 3.60. The SMILES string of the molecule is Nc1c(CC(=O)O)cccc1-c1cccc(Cl)c1Cl. The highest BCUT2D eigenvalue weighted by Gasteiger charge is 2.13. The number of carboxylic acids is 1. The van der Waals surface area contributed by atoms with E-state index in [-0.39, 0.29) is 6.42 Å². The minimum absolute atomic E-state index is 0.127. The molecular weight excluding hydrogens is 285 g/mol. The van der Waals surface area contributed by atoms with Crippen molar-refractivity contribution in [1.29, 1.82) is 0 Å². The second kappa shape index (κ2) is 5.51. The lowest BCUT2D eigenvalue weighted by molar-refractivity contribution is -0.136. The second-order valence-corrected chi connectivity index (χ2v) is 4.84. The van der Waals surface area contributed by atoms with Crippen LogP contribution in [0.15, 0.2) is 36.4 Å². The number of aliphatic carboxylic acids is 1. The van der Waals surface area contributed by atoms with E-state index in [0.717, 1.165) is 0 Å². The van der Waals surface area contributed by atoms with Gasteiger partial charge in [-0.2, -0.15) is 0 Å². The molecule has 0 atom stereocenters. The molecule has 2 aromatic carbocycles.